The fourth-order valence-corrected chi connectivity index (χ4v) is 3.21. The second-order valence-corrected chi connectivity index (χ2v) is 6.19. The van der Waals surface area contributed by atoms with Gasteiger partial charge < -0.3 is 15.1 Å². The third-order valence-electron chi connectivity index (χ3n) is 3.73. The van der Waals surface area contributed by atoms with E-state index in [1.54, 1.807) is 18.4 Å². The van der Waals surface area contributed by atoms with E-state index < -0.39 is 0 Å². The Labute approximate surface area is 134 Å². The summed E-state index contributed by atoms with van der Waals surface area (Å²) in [5, 5.41) is 14.1. The van der Waals surface area contributed by atoms with E-state index in [1.165, 1.54) is 11.3 Å². The zero-order valence-electron chi connectivity index (χ0n) is 12.7. The van der Waals surface area contributed by atoms with Gasteiger partial charge >= 0.3 is 0 Å². The van der Waals surface area contributed by atoms with Gasteiger partial charge in [-0.1, -0.05) is 0 Å². The van der Waals surface area contributed by atoms with Crippen LogP contribution in [-0.4, -0.2) is 54.3 Å². The summed E-state index contributed by atoms with van der Waals surface area (Å²) >= 11 is 1.36. The first-order valence-corrected chi connectivity index (χ1v) is 8.23. The molecule has 0 spiro atoms. The molecule has 118 valence electrons. The standard InChI is InChI=1S/C15H20N4O2S/c1-12(20)19-6-2-5-18(8-9-19)7-3-14(21)17-15-13(11-16)4-10-22-15/h4,10H,2-3,5-9H2,1H3,(H,17,21). The molecule has 1 aliphatic heterocycles. The lowest BCUT2D eigenvalue weighted by atomic mass is 10.3. The van der Waals surface area contributed by atoms with Gasteiger partial charge in [0.2, 0.25) is 11.8 Å². The van der Waals surface area contributed by atoms with Crippen molar-refractivity contribution in [2.75, 3.05) is 38.0 Å². The number of thiophene rings is 1. The molecule has 2 amide bonds. The number of carbonyl (C=O) groups is 2. The first-order valence-electron chi connectivity index (χ1n) is 7.35. The van der Waals surface area contributed by atoms with Crippen molar-refractivity contribution in [1.29, 1.82) is 5.26 Å². The molecule has 1 fully saturated rings. The summed E-state index contributed by atoms with van der Waals surface area (Å²) in [4.78, 5) is 27.4. The number of nitriles is 1. The molecule has 1 aromatic heterocycles. The molecule has 7 heteroatoms. The summed E-state index contributed by atoms with van der Waals surface area (Å²) < 4.78 is 0. The fraction of sp³-hybridized carbons (Fsp3) is 0.533. The summed E-state index contributed by atoms with van der Waals surface area (Å²) in [5.41, 5.74) is 0.505. The van der Waals surface area contributed by atoms with Crippen molar-refractivity contribution >= 4 is 28.2 Å². The van der Waals surface area contributed by atoms with Gasteiger partial charge in [-0.2, -0.15) is 5.26 Å². The average molecular weight is 320 g/mol. The molecule has 6 nitrogen and oxygen atoms in total. The van der Waals surface area contributed by atoms with Crippen molar-refractivity contribution in [3.05, 3.63) is 17.0 Å². The van der Waals surface area contributed by atoms with E-state index in [-0.39, 0.29) is 11.8 Å². The molecule has 1 aliphatic rings. The Kier molecular flexibility index (Phi) is 5.92. The molecule has 2 rings (SSSR count). The van der Waals surface area contributed by atoms with Gasteiger partial charge in [0.1, 0.15) is 11.1 Å². The normalized spacial score (nSPS) is 15.9. The van der Waals surface area contributed by atoms with E-state index >= 15 is 0 Å². The molecule has 0 radical (unpaired) electrons. The Morgan fingerprint density at radius 1 is 1.36 bits per heavy atom. The van der Waals surface area contributed by atoms with Gasteiger partial charge in [-0.3, -0.25) is 9.59 Å². The van der Waals surface area contributed by atoms with Gasteiger partial charge in [0.05, 0.1) is 5.56 Å². The first-order chi connectivity index (χ1) is 10.6. The Morgan fingerprint density at radius 3 is 2.91 bits per heavy atom. The molecule has 0 bridgehead atoms. The molecule has 0 aromatic carbocycles. The van der Waals surface area contributed by atoms with Gasteiger partial charge in [-0.15, -0.1) is 11.3 Å². The van der Waals surface area contributed by atoms with Crippen molar-refractivity contribution in [2.24, 2.45) is 0 Å². The number of amides is 2. The van der Waals surface area contributed by atoms with Crippen LogP contribution in [-0.2, 0) is 9.59 Å². The van der Waals surface area contributed by atoms with Crippen LogP contribution in [0.2, 0.25) is 0 Å². The number of nitrogens with one attached hydrogen (secondary N) is 1. The Hall–Kier alpha value is -1.91. The number of carbonyl (C=O) groups excluding carboxylic acids is 2. The third kappa shape index (κ3) is 4.55. The van der Waals surface area contributed by atoms with Crippen LogP contribution < -0.4 is 5.32 Å². The lowest BCUT2D eigenvalue weighted by Gasteiger charge is -2.20. The monoisotopic (exact) mass is 320 g/mol. The number of rotatable bonds is 4. The number of hydrogen-bond donors (Lipinski definition) is 1. The zero-order chi connectivity index (χ0) is 15.9. The van der Waals surface area contributed by atoms with Gasteiger partial charge in [0.25, 0.3) is 0 Å². The first kappa shape index (κ1) is 16.5. The van der Waals surface area contributed by atoms with Crippen LogP contribution in [0.3, 0.4) is 0 Å². The molecule has 1 saturated heterocycles. The van der Waals surface area contributed by atoms with E-state index in [1.807, 2.05) is 4.90 Å². The topological polar surface area (TPSA) is 76.4 Å². The average Bonchev–Trinajstić information content (AvgIpc) is 2.79. The highest BCUT2D eigenvalue weighted by Crippen LogP contribution is 2.22. The molecule has 22 heavy (non-hydrogen) atoms. The van der Waals surface area contributed by atoms with Crippen molar-refractivity contribution < 1.29 is 9.59 Å². The van der Waals surface area contributed by atoms with Crippen molar-refractivity contribution in [2.45, 2.75) is 19.8 Å². The number of anilines is 1. The molecule has 1 N–H and O–H groups in total. The van der Waals surface area contributed by atoms with Crippen LogP contribution in [0.4, 0.5) is 5.00 Å². The molecular weight excluding hydrogens is 300 g/mol. The summed E-state index contributed by atoms with van der Waals surface area (Å²) in [6.07, 6.45) is 1.33. The Bertz CT molecular complexity index is 578. The van der Waals surface area contributed by atoms with E-state index in [9.17, 15) is 9.59 Å². The highest BCUT2D eigenvalue weighted by Gasteiger charge is 2.17. The van der Waals surface area contributed by atoms with Crippen LogP contribution in [0.15, 0.2) is 11.4 Å². The maximum atomic E-state index is 12.0. The molecule has 0 saturated carbocycles. The van der Waals surface area contributed by atoms with Gasteiger partial charge in [-0.25, -0.2) is 0 Å². The van der Waals surface area contributed by atoms with Gasteiger partial charge in [-0.05, 0) is 24.4 Å². The second kappa shape index (κ2) is 7.92. The SMILES string of the molecule is CC(=O)N1CCCN(CCC(=O)Nc2sccc2C#N)CC1. The highest BCUT2D eigenvalue weighted by atomic mass is 32.1. The molecule has 0 atom stereocenters. The molecule has 1 aromatic rings. The number of nitrogens with zero attached hydrogens (tertiary/aromatic N) is 3. The van der Waals surface area contributed by atoms with Crippen LogP contribution in [0, 0.1) is 11.3 Å². The van der Waals surface area contributed by atoms with E-state index in [4.69, 9.17) is 5.26 Å². The molecule has 0 unspecified atom stereocenters. The molecular formula is C15H20N4O2S. The smallest absolute Gasteiger partial charge is 0.226 e. The minimum atomic E-state index is -0.0772. The van der Waals surface area contributed by atoms with Gasteiger partial charge in [0, 0.05) is 39.5 Å². The maximum absolute atomic E-state index is 12.0. The van der Waals surface area contributed by atoms with Crippen LogP contribution in [0.5, 0.6) is 0 Å². The lowest BCUT2D eigenvalue weighted by molar-refractivity contribution is -0.128. The van der Waals surface area contributed by atoms with Crippen LogP contribution >= 0.6 is 11.3 Å². The van der Waals surface area contributed by atoms with Crippen molar-refractivity contribution in [3.8, 4) is 6.07 Å². The minimum Gasteiger partial charge on any atom is -0.342 e. The van der Waals surface area contributed by atoms with E-state index in [0.717, 1.165) is 32.6 Å². The van der Waals surface area contributed by atoms with E-state index in [0.29, 0.717) is 23.5 Å². The fourth-order valence-electron chi connectivity index (χ4n) is 2.45. The van der Waals surface area contributed by atoms with Crippen LogP contribution in [0.1, 0.15) is 25.3 Å². The van der Waals surface area contributed by atoms with Gasteiger partial charge in [0.15, 0.2) is 0 Å². The summed E-state index contributed by atoms with van der Waals surface area (Å²) in [6.45, 7) is 5.48. The summed E-state index contributed by atoms with van der Waals surface area (Å²) in [5.74, 6) is 0.0351. The third-order valence-corrected chi connectivity index (χ3v) is 4.56. The lowest BCUT2D eigenvalue weighted by Crippen LogP contribution is -2.34. The minimum absolute atomic E-state index is 0.0772. The van der Waals surface area contributed by atoms with E-state index in [2.05, 4.69) is 16.3 Å². The maximum Gasteiger partial charge on any atom is 0.226 e. The summed E-state index contributed by atoms with van der Waals surface area (Å²) in [7, 11) is 0. The zero-order valence-corrected chi connectivity index (χ0v) is 13.5. The second-order valence-electron chi connectivity index (χ2n) is 5.27. The van der Waals surface area contributed by atoms with Crippen molar-refractivity contribution in [1.82, 2.24) is 9.80 Å². The predicted molar refractivity (Wildman–Crippen MR) is 85.6 cm³/mol. The Balaban J connectivity index is 1.77. The highest BCUT2D eigenvalue weighted by molar-refractivity contribution is 7.14. The predicted octanol–water partition coefficient (Wildman–Crippen LogP) is 1.50. The number of hydrogen-bond acceptors (Lipinski definition) is 5. The molecule has 2 heterocycles. The molecule has 0 aliphatic carbocycles. The van der Waals surface area contributed by atoms with Crippen LogP contribution in [0.25, 0.3) is 0 Å². The summed E-state index contributed by atoms with van der Waals surface area (Å²) in [6, 6.07) is 3.76. The largest absolute Gasteiger partial charge is 0.342 e. The van der Waals surface area contributed by atoms with Crippen molar-refractivity contribution in [3.63, 3.8) is 0 Å². The Morgan fingerprint density at radius 2 is 2.18 bits per heavy atom. The quantitative estimate of drug-likeness (QED) is 0.912.